The molecule has 0 radical (unpaired) electrons. The van der Waals surface area contributed by atoms with E-state index >= 15 is 0 Å². The van der Waals surface area contributed by atoms with Crippen LogP contribution in [0.4, 0.5) is 4.79 Å². The van der Waals surface area contributed by atoms with E-state index in [0.717, 1.165) is 22.3 Å². The van der Waals surface area contributed by atoms with Crippen LogP contribution >= 0.6 is 0 Å². The number of benzene rings is 2. The van der Waals surface area contributed by atoms with Crippen molar-refractivity contribution in [3.05, 3.63) is 59.7 Å². The predicted molar refractivity (Wildman–Crippen MR) is 121 cm³/mol. The Bertz CT molecular complexity index is 994. The van der Waals surface area contributed by atoms with Crippen molar-refractivity contribution in [3.8, 4) is 11.1 Å². The van der Waals surface area contributed by atoms with Gasteiger partial charge in [0.1, 0.15) is 12.6 Å². The molecule has 1 fully saturated rings. The summed E-state index contributed by atoms with van der Waals surface area (Å²) in [7, 11) is 0. The Morgan fingerprint density at radius 1 is 1.09 bits per heavy atom. The van der Waals surface area contributed by atoms with Crippen molar-refractivity contribution >= 4 is 18.0 Å². The molecule has 1 aliphatic carbocycles. The molecule has 2 aliphatic rings. The lowest BCUT2D eigenvalue weighted by atomic mass is 9.98. The lowest BCUT2D eigenvalue weighted by molar-refractivity contribution is -0.142. The first-order chi connectivity index (χ1) is 15.9. The van der Waals surface area contributed by atoms with E-state index in [-0.39, 0.29) is 18.6 Å². The number of fused-ring (bicyclic) bond motifs is 3. The van der Waals surface area contributed by atoms with Crippen LogP contribution in [0.1, 0.15) is 36.8 Å². The van der Waals surface area contributed by atoms with Crippen molar-refractivity contribution < 1.29 is 29.0 Å². The molecule has 2 aromatic carbocycles. The van der Waals surface area contributed by atoms with Gasteiger partial charge in [-0.25, -0.2) is 4.79 Å². The molecule has 0 saturated carbocycles. The van der Waals surface area contributed by atoms with Gasteiger partial charge in [-0.1, -0.05) is 48.5 Å². The molecular weight excluding hydrogens is 424 g/mol. The van der Waals surface area contributed by atoms with E-state index in [4.69, 9.17) is 9.47 Å². The van der Waals surface area contributed by atoms with Gasteiger partial charge in [0.2, 0.25) is 5.91 Å². The summed E-state index contributed by atoms with van der Waals surface area (Å²) < 4.78 is 11.0. The highest BCUT2D eigenvalue weighted by Gasteiger charge is 2.32. The summed E-state index contributed by atoms with van der Waals surface area (Å²) in [5.74, 6) is -1.74. The average Bonchev–Trinajstić information content (AvgIpc) is 2.95. The Balaban J connectivity index is 1.42. The second kappa shape index (κ2) is 10.0. The molecule has 2 N–H and O–H groups in total. The third kappa shape index (κ3) is 5.17. The maximum Gasteiger partial charge on any atom is 0.407 e. The number of hydrogen-bond acceptors (Lipinski definition) is 5. The third-order valence-electron chi connectivity index (χ3n) is 6.19. The lowest BCUT2D eigenvalue weighted by Crippen LogP contribution is -2.50. The van der Waals surface area contributed by atoms with E-state index in [9.17, 15) is 19.5 Å². The highest BCUT2D eigenvalue weighted by atomic mass is 16.5. The molecule has 33 heavy (non-hydrogen) atoms. The second-order valence-corrected chi connectivity index (χ2v) is 8.42. The van der Waals surface area contributed by atoms with Gasteiger partial charge in [0.25, 0.3) is 0 Å². The molecule has 0 bridgehead atoms. The van der Waals surface area contributed by atoms with Crippen molar-refractivity contribution in [1.29, 1.82) is 0 Å². The van der Waals surface area contributed by atoms with Gasteiger partial charge in [0.15, 0.2) is 0 Å². The maximum atomic E-state index is 13.0. The quantitative estimate of drug-likeness (QED) is 0.698. The molecular formula is C25H28N2O6. The van der Waals surface area contributed by atoms with Crippen LogP contribution in [0.2, 0.25) is 0 Å². The topological polar surface area (TPSA) is 105 Å². The van der Waals surface area contributed by atoms with Gasteiger partial charge in [-0.05, 0) is 35.6 Å². The van der Waals surface area contributed by atoms with E-state index in [1.807, 2.05) is 55.5 Å². The lowest BCUT2D eigenvalue weighted by Gasteiger charge is -2.25. The third-order valence-corrected chi connectivity index (χ3v) is 6.19. The first-order valence-electron chi connectivity index (χ1n) is 11.2. The van der Waals surface area contributed by atoms with Crippen molar-refractivity contribution in [1.82, 2.24) is 10.2 Å². The number of amides is 2. The minimum atomic E-state index is -1.20. The standard InChI is InChI=1S/C25H28N2O6/c1-16-10-11-27(12-13-32-16)24(30)22(14-23(28)29)26-25(31)33-15-21-19-8-4-2-6-17(19)18-7-3-5-9-20(18)21/h2-9,16,21-22H,10-15H2,1H3,(H,26,31)(H,28,29). The number of ether oxygens (including phenoxy) is 2. The zero-order chi connectivity index (χ0) is 23.4. The van der Waals surface area contributed by atoms with Crippen LogP contribution in [-0.4, -0.2) is 66.4 Å². The molecule has 4 rings (SSSR count). The van der Waals surface area contributed by atoms with E-state index in [2.05, 4.69) is 5.32 Å². The van der Waals surface area contributed by atoms with E-state index in [0.29, 0.717) is 26.1 Å². The highest BCUT2D eigenvalue weighted by molar-refractivity contribution is 5.89. The zero-order valence-corrected chi connectivity index (χ0v) is 18.5. The van der Waals surface area contributed by atoms with E-state index < -0.39 is 30.4 Å². The Kier molecular flexibility index (Phi) is 6.93. The number of carboxylic acids is 1. The molecule has 1 saturated heterocycles. The van der Waals surface area contributed by atoms with Crippen molar-refractivity contribution in [3.63, 3.8) is 0 Å². The smallest absolute Gasteiger partial charge is 0.407 e. The van der Waals surface area contributed by atoms with E-state index in [1.165, 1.54) is 0 Å². The van der Waals surface area contributed by atoms with Crippen LogP contribution < -0.4 is 5.32 Å². The summed E-state index contributed by atoms with van der Waals surface area (Å²) in [6, 6.07) is 14.8. The predicted octanol–water partition coefficient (Wildman–Crippen LogP) is 3.01. The van der Waals surface area contributed by atoms with Gasteiger partial charge >= 0.3 is 12.1 Å². The number of carboxylic acid groups (broad SMARTS) is 1. The molecule has 1 heterocycles. The van der Waals surface area contributed by atoms with Crippen molar-refractivity contribution in [2.24, 2.45) is 0 Å². The molecule has 174 valence electrons. The van der Waals surface area contributed by atoms with Crippen LogP contribution in [0.25, 0.3) is 11.1 Å². The zero-order valence-electron chi connectivity index (χ0n) is 18.5. The number of carbonyl (C=O) groups excluding carboxylic acids is 2. The average molecular weight is 453 g/mol. The van der Waals surface area contributed by atoms with E-state index in [1.54, 1.807) is 4.90 Å². The number of aliphatic carboxylic acids is 1. The molecule has 8 heteroatoms. The Labute approximate surface area is 192 Å². The van der Waals surface area contributed by atoms with Gasteiger partial charge in [0.05, 0.1) is 19.1 Å². The summed E-state index contributed by atoms with van der Waals surface area (Å²) in [4.78, 5) is 38.4. The fourth-order valence-electron chi connectivity index (χ4n) is 4.49. The molecule has 1 aliphatic heterocycles. The molecule has 2 atom stereocenters. The monoisotopic (exact) mass is 452 g/mol. The molecule has 2 aromatic rings. The summed E-state index contributed by atoms with van der Waals surface area (Å²) in [5.41, 5.74) is 4.36. The fraction of sp³-hybridized carbons (Fsp3) is 0.400. The number of rotatable bonds is 6. The normalized spacial score (nSPS) is 18.6. The number of hydrogen-bond donors (Lipinski definition) is 2. The maximum absolute atomic E-state index is 13.0. The molecule has 0 aromatic heterocycles. The van der Waals surface area contributed by atoms with Gasteiger partial charge in [0, 0.05) is 19.0 Å². The summed E-state index contributed by atoms with van der Waals surface area (Å²) in [5, 5.41) is 11.8. The van der Waals surface area contributed by atoms with Crippen LogP contribution in [0, 0.1) is 0 Å². The first-order valence-corrected chi connectivity index (χ1v) is 11.2. The minimum absolute atomic E-state index is 0.0239. The summed E-state index contributed by atoms with van der Waals surface area (Å²) in [6.07, 6.45) is -0.654. The Morgan fingerprint density at radius 2 is 1.73 bits per heavy atom. The Morgan fingerprint density at radius 3 is 2.36 bits per heavy atom. The number of nitrogens with zero attached hydrogens (tertiary/aromatic N) is 1. The Hall–Kier alpha value is -3.39. The van der Waals surface area contributed by atoms with Crippen LogP contribution in [0.5, 0.6) is 0 Å². The van der Waals surface area contributed by atoms with Gasteiger partial charge in [-0.15, -0.1) is 0 Å². The van der Waals surface area contributed by atoms with Crippen molar-refractivity contribution in [2.75, 3.05) is 26.3 Å². The molecule has 8 nitrogen and oxygen atoms in total. The minimum Gasteiger partial charge on any atom is -0.481 e. The summed E-state index contributed by atoms with van der Waals surface area (Å²) >= 11 is 0. The number of carbonyl (C=O) groups is 3. The van der Waals surface area contributed by atoms with Gasteiger partial charge in [-0.2, -0.15) is 0 Å². The first kappa shape index (κ1) is 22.8. The fourth-order valence-corrected chi connectivity index (χ4v) is 4.49. The molecule has 2 amide bonds. The van der Waals surface area contributed by atoms with Crippen LogP contribution in [-0.2, 0) is 19.1 Å². The highest BCUT2D eigenvalue weighted by Crippen LogP contribution is 2.44. The number of nitrogens with one attached hydrogen (secondary N) is 1. The number of alkyl carbamates (subject to hydrolysis) is 1. The SMILES string of the molecule is CC1CCN(C(=O)C(CC(=O)O)NC(=O)OCC2c3ccccc3-c3ccccc32)CCO1. The van der Waals surface area contributed by atoms with Crippen LogP contribution in [0.15, 0.2) is 48.5 Å². The van der Waals surface area contributed by atoms with Gasteiger partial charge < -0.3 is 24.8 Å². The van der Waals surface area contributed by atoms with Crippen molar-refractivity contribution in [2.45, 2.75) is 37.8 Å². The molecule has 2 unspecified atom stereocenters. The molecule has 0 spiro atoms. The van der Waals surface area contributed by atoms with Crippen LogP contribution in [0.3, 0.4) is 0 Å². The second-order valence-electron chi connectivity index (χ2n) is 8.42. The largest absolute Gasteiger partial charge is 0.481 e. The van der Waals surface area contributed by atoms with Gasteiger partial charge in [-0.3, -0.25) is 9.59 Å². The summed E-state index contributed by atoms with van der Waals surface area (Å²) in [6.45, 7) is 3.19.